The highest BCUT2D eigenvalue weighted by Gasteiger charge is 2.50. The molecule has 216 valence electrons. The van der Waals surface area contributed by atoms with E-state index in [2.05, 4.69) is 30.1 Å². The van der Waals surface area contributed by atoms with Crippen LogP contribution in [0, 0.1) is 12.7 Å². The first-order chi connectivity index (χ1) is 19.8. The van der Waals surface area contributed by atoms with Crippen molar-refractivity contribution in [2.75, 3.05) is 43.5 Å². The van der Waals surface area contributed by atoms with Crippen molar-refractivity contribution in [1.29, 1.82) is 0 Å². The number of nitrogens with zero attached hydrogens (tertiary/aromatic N) is 6. The van der Waals surface area contributed by atoms with Crippen molar-refractivity contribution in [3.8, 4) is 23.3 Å². The molecular weight excluding hydrogens is 554 g/mol. The number of fused-ring (bicyclic) bond motifs is 6. The Morgan fingerprint density at radius 1 is 1.22 bits per heavy atom. The van der Waals surface area contributed by atoms with E-state index >= 15 is 4.39 Å². The average molecular weight is 585 g/mol. The molecule has 8 heterocycles. The molecule has 41 heavy (non-hydrogen) atoms. The van der Waals surface area contributed by atoms with Gasteiger partial charge in [-0.25, -0.2) is 18.7 Å². The summed E-state index contributed by atoms with van der Waals surface area (Å²) in [5, 5.41) is 4.32. The molecule has 5 aliphatic rings. The maximum atomic E-state index is 16.5. The van der Waals surface area contributed by atoms with Crippen molar-refractivity contribution in [2.45, 2.75) is 68.9 Å². The molecule has 0 saturated carbocycles. The number of aryl methyl sites for hydroxylation is 1. The summed E-state index contributed by atoms with van der Waals surface area (Å²) in [6.45, 7) is 4.31. The number of halogens is 3. The third kappa shape index (κ3) is 3.94. The number of alkyl halides is 1. The molecule has 4 saturated heterocycles. The van der Waals surface area contributed by atoms with E-state index in [9.17, 15) is 4.39 Å². The summed E-state index contributed by atoms with van der Waals surface area (Å²) in [4.78, 5) is 22.7. The van der Waals surface area contributed by atoms with Crippen molar-refractivity contribution in [3.05, 3.63) is 22.5 Å². The number of hydrogen-bond acceptors (Lipinski definition) is 10. The number of rotatable bonds is 4. The van der Waals surface area contributed by atoms with E-state index in [0.717, 1.165) is 32.2 Å². The predicted octanol–water partition coefficient (Wildman–Crippen LogP) is 3.43. The van der Waals surface area contributed by atoms with Crippen LogP contribution < -0.4 is 25.4 Å². The minimum atomic E-state index is -0.886. The molecule has 8 rings (SSSR count). The largest absolute Gasteiger partial charge is 0.475 e. The molecule has 3 aromatic heterocycles. The van der Waals surface area contributed by atoms with Crippen molar-refractivity contribution >= 4 is 34.1 Å². The molecule has 0 amide bonds. The van der Waals surface area contributed by atoms with Gasteiger partial charge in [0.15, 0.2) is 5.82 Å². The molecule has 5 atom stereocenters. The summed E-state index contributed by atoms with van der Waals surface area (Å²) in [6.07, 6.45) is 3.43. The molecule has 0 spiro atoms. The SMILES string of the molecule is Cc1cc(N)nc(-c2nc3c4c(nc(OC[C@@]56CCCN5C[C@H](F)C6)nc4c2F)N2C[C@@H]4CC[C@@H](N4)[C@H]2CO3)c1Cl. The summed E-state index contributed by atoms with van der Waals surface area (Å²) in [5.74, 6) is 0.252. The zero-order valence-corrected chi connectivity index (χ0v) is 23.4. The van der Waals surface area contributed by atoms with Gasteiger partial charge in [-0.1, -0.05) is 11.6 Å². The van der Waals surface area contributed by atoms with Gasteiger partial charge < -0.3 is 25.4 Å². The minimum Gasteiger partial charge on any atom is -0.475 e. The van der Waals surface area contributed by atoms with Gasteiger partial charge in [0.2, 0.25) is 5.88 Å². The van der Waals surface area contributed by atoms with Crippen molar-refractivity contribution < 1.29 is 18.3 Å². The number of nitrogen functional groups attached to an aromatic ring is 1. The molecule has 10 nitrogen and oxygen atoms in total. The summed E-state index contributed by atoms with van der Waals surface area (Å²) in [7, 11) is 0. The van der Waals surface area contributed by atoms with Gasteiger partial charge in [0.1, 0.15) is 53.3 Å². The Hall–Kier alpha value is -3.09. The second kappa shape index (κ2) is 9.20. The average Bonchev–Trinajstić information content (AvgIpc) is 3.58. The highest BCUT2D eigenvalue weighted by molar-refractivity contribution is 6.33. The Bertz CT molecular complexity index is 1580. The molecule has 3 N–H and O–H groups in total. The molecule has 0 unspecified atom stereocenters. The van der Waals surface area contributed by atoms with Crippen LogP contribution in [0.5, 0.6) is 11.9 Å². The van der Waals surface area contributed by atoms with Gasteiger partial charge in [0.25, 0.3) is 0 Å². The second-order valence-electron chi connectivity index (χ2n) is 12.1. The highest BCUT2D eigenvalue weighted by Crippen LogP contribution is 2.44. The molecule has 0 aromatic carbocycles. The lowest BCUT2D eigenvalue weighted by Gasteiger charge is -2.40. The minimum absolute atomic E-state index is 0.0186. The van der Waals surface area contributed by atoms with Crippen LogP contribution in [0.1, 0.15) is 37.7 Å². The van der Waals surface area contributed by atoms with Crippen LogP contribution in [0.15, 0.2) is 6.07 Å². The zero-order valence-electron chi connectivity index (χ0n) is 22.7. The fourth-order valence-electron chi connectivity index (χ4n) is 7.63. The van der Waals surface area contributed by atoms with E-state index in [-0.39, 0.29) is 58.3 Å². The first-order valence-corrected chi connectivity index (χ1v) is 14.7. The standard InChI is InChI=1S/C28H31ClF2N8O2/c1-13-7-18(32)34-23(20(13)29)24-21(31)22-19-25(39-10-15-3-4-16(33-15)17(39)11-40-26(19)35-24)37-27(36-22)41-12-28-5-2-6-38(28)9-14(30)8-28/h7,14-17,33H,2-6,8-12H2,1H3,(H2,32,34)/t14-,15+,16-,17-,28+/m1/s1. The van der Waals surface area contributed by atoms with Gasteiger partial charge in [-0.05, 0) is 50.8 Å². The van der Waals surface area contributed by atoms with E-state index in [1.54, 1.807) is 13.0 Å². The Kier molecular flexibility index (Phi) is 5.75. The molecular formula is C28H31ClF2N8O2. The number of anilines is 2. The summed E-state index contributed by atoms with van der Waals surface area (Å²) >= 11 is 6.58. The zero-order chi connectivity index (χ0) is 28.0. The lowest BCUT2D eigenvalue weighted by molar-refractivity contribution is 0.107. The maximum absolute atomic E-state index is 16.5. The Labute approximate surface area is 240 Å². The fraction of sp³-hybridized carbons (Fsp3) is 0.571. The number of nitrogens with two attached hydrogens (primary N) is 1. The second-order valence-corrected chi connectivity index (χ2v) is 12.5. The number of piperazine rings is 1. The van der Waals surface area contributed by atoms with Crippen molar-refractivity contribution in [3.63, 3.8) is 0 Å². The monoisotopic (exact) mass is 584 g/mol. The lowest BCUT2D eigenvalue weighted by atomic mass is 9.95. The van der Waals surface area contributed by atoms with Crippen LogP contribution in [0.2, 0.25) is 5.02 Å². The highest BCUT2D eigenvalue weighted by atomic mass is 35.5. The van der Waals surface area contributed by atoms with Gasteiger partial charge in [-0.15, -0.1) is 0 Å². The van der Waals surface area contributed by atoms with E-state index in [1.165, 1.54) is 0 Å². The smallest absolute Gasteiger partial charge is 0.319 e. The van der Waals surface area contributed by atoms with Crippen LogP contribution >= 0.6 is 11.6 Å². The molecule has 4 fully saturated rings. The molecule has 2 bridgehead atoms. The Morgan fingerprint density at radius 3 is 2.98 bits per heavy atom. The number of nitrogens with one attached hydrogen (secondary N) is 1. The van der Waals surface area contributed by atoms with Crippen molar-refractivity contribution in [2.24, 2.45) is 0 Å². The lowest BCUT2D eigenvalue weighted by Crippen LogP contribution is -2.60. The van der Waals surface area contributed by atoms with E-state index in [4.69, 9.17) is 31.8 Å². The number of aromatic nitrogens is 4. The third-order valence-electron chi connectivity index (χ3n) is 9.55. The third-order valence-corrected chi connectivity index (χ3v) is 10.0. The fourth-order valence-corrected chi connectivity index (χ4v) is 7.81. The van der Waals surface area contributed by atoms with Gasteiger partial charge in [0.05, 0.1) is 16.6 Å². The van der Waals surface area contributed by atoms with Gasteiger partial charge in [-0.2, -0.15) is 9.97 Å². The number of pyridine rings is 2. The normalized spacial score (nSPS) is 30.3. The summed E-state index contributed by atoms with van der Waals surface area (Å²) in [5.41, 5.74) is 6.30. The van der Waals surface area contributed by atoms with E-state index in [1.807, 2.05) is 0 Å². The molecule has 13 heteroatoms. The summed E-state index contributed by atoms with van der Waals surface area (Å²) < 4.78 is 43.5. The first-order valence-electron chi connectivity index (χ1n) is 14.3. The Balaban J connectivity index is 1.29. The molecule has 3 aromatic rings. The van der Waals surface area contributed by atoms with Crippen LogP contribution in [0.4, 0.5) is 20.4 Å². The summed E-state index contributed by atoms with van der Waals surface area (Å²) in [6, 6.07) is 2.16. The van der Waals surface area contributed by atoms with E-state index in [0.29, 0.717) is 48.9 Å². The van der Waals surface area contributed by atoms with Gasteiger partial charge in [-0.3, -0.25) is 4.90 Å². The van der Waals surface area contributed by atoms with Crippen LogP contribution in [-0.2, 0) is 0 Å². The molecule has 0 aliphatic carbocycles. The topological polar surface area (TPSA) is 115 Å². The number of hydrogen-bond donors (Lipinski definition) is 2. The molecule has 5 aliphatic heterocycles. The van der Waals surface area contributed by atoms with Crippen LogP contribution in [-0.4, -0.2) is 87.5 Å². The molecule has 0 radical (unpaired) electrons. The first kappa shape index (κ1) is 25.6. The van der Waals surface area contributed by atoms with Crippen LogP contribution in [0.3, 0.4) is 0 Å². The number of ether oxygens (including phenoxy) is 2. The van der Waals surface area contributed by atoms with Gasteiger partial charge >= 0.3 is 6.01 Å². The Morgan fingerprint density at radius 2 is 2.10 bits per heavy atom. The van der Waals surface area contributed by atoms with Gasteiger partial charge in [0, 0.05) is 31.6 Å². The van der Waals surface area contributed by atoms with Crippen molar-refractivity contribution in [1.82, 2.24) is 30.2 Å². The predicted molar refractivity (Wildman–Crippen MR) is 150 cm³/mol. The van der Waals surface area contributed by atoms with E-state index < -0.39 is 17.5 Å². The van der Waals surface area contributed by atoms with Crippen LogP contribution in [0.25, 0.3) is 22.3 Å². The quantitative estimate of drug-likeness (QED) is 0.473. The maximum Gasteiger partial charge on any atom is 0.319 e.